The predicted molar refractivity (Wildman–Crippen MR) is 102 cm³/mol. The molecule has 0 bridgehead atoms. The number of H-pyrrole nitrogens is 1. The van der Waals surface area contributed by atoms with E-state index >= 15 is 0 Å². The van der Waals surface area contributed by atoms with Gasteiger partial charge in [-0.05, 0) is 36.0 Å². The molecule has 1 aliphatic rings. The molecule has 140 valence electrons. The van der Waals surface area contributed by atoms with Gasteiger partial charge in [-0.15, -0.1) is 0 Å². The number of benzene rings is 1. The molecule has 1 N–H and O–H groups in total. The molecule has 0 amide bonds. The van der Waals surface area contributed by atoms with Crippen molar-refractivity contribution in [1.29, 1.82) is 0 Å². The maximum absolute atomic E-state index is 12.8. The van der Waals surface area contributed by atoms with E-state index < -0.39 is 10.0 Å². The SMILES string of the molecule is Cc1[nH]c2c(c1Cc1ccccc1S(=O)(=O)N(C)C)C(=O)CC(C)(C)C2. The van der Waals surface area contributed by atoms with Gasteiger partial charge in [0.15, 0.2) is 5.78 Å². The Morgan fingerprint density at radius 3 is 2.46 bits per heavy atom. The molecule has 0 radical (unpaired) electrons. The van der Waals surface area contributed by atoms with Crippen molar-refractivity contribution in [2.45, 2.75) is 44.9 Å². The van der Waals surface area contributed by atoms with Crippen molar-refractivity contribution in [3.8, 4) is 0 Å². The number of Topliss-reactive ketones (excluding diaryl/α,β-unsaturated/α-hetero) is 1. The summed E-state index contributed by atoms with van der Waals surface area (Å²) in [5.74, 6) is 0.142. The highest BCUT2D eigenvalue weighted by Gasteiger charge is 2.35. The van der Waals surface area contributed by atoms with Gasteiger partial charge in [0.25, 0.3) is 0 Å². The second-order valence-corrected chi connectivity index (χ2v) is 10.2. The fraction of sp³-hybridized carbons (Fsp3) is 0.450. The standard InChI is InChI=1S/C20H26N2O3S/c1-13-15(19-16(21-13)11-20(2,3)12-17(19)23)10-14-8-6-7-9-18(14)26(24,25)22(4)5/h6-9,21H,10-12H2,1-5H3. The number of aryl methyl sites for hydroxylation is 1. The summed E-state index contributed by atoms with van der Waals surface area (Å²) in [5, 5.41) is 0. The molecule has 1 aliphatic carbocycles. The van der Waals surface area contributed by atoms with Crippen LogP contribution in [-0.4, -0.2) is 37.6 Å². The van der Waals surface area contributed by atoms with Gasteiger partial charge in [0, 0.05) is 43.9 Å². The normalized spacial score (nSPS) is 16.8. The summed E-state index contributed by atoms with van der Waals surface area (Å²) in [4.78, 5) is 16.4. The van der Waals surface area contributed by atoms with Gasteiger partial charge in [0.2, 0.25) is 10.0 Å². The summed E-state index contributed by atoms with van der Waals surface area (Å²) in [6, 6.07) is 7.02. The van der Waals surface area contributed by atoms with Crippen molar-refractivity contribution in [1.82, 2.24) is 9.29 Å². The molecule has 1 aromatic heterocycles. The lowest BCUT2D eigenvalue weighted by molar-refractivity contribution is 0.0911. The Labute approximate surface area is 155 Å². The monoisotopic (exact) mass is 374 g/mol. The number of hydrogen-bond acceptors (Lipinski definition) is 3. The van der Waals surface area contributed by atoms with Crippen molar-refractivity contribution in [3.63, 3.8) is 0 Å². The number of ketones is 1. The Hall–Kier alpha value is -1.92. The number of carbonyl (C=O) groups excluding carboxylic acids is 1. The van der Waals surface area contributed by atoms with Gasteiger partial charge in [-0.1, -0.05) is 32.0 Å². The van der Waals surface area contributed by atoms with E-state index in [1.165, 1.54) is 18.4 Å². The van der Waals surface area contributed by atoms with Crippen molar-refractivity contribution >= 4 is 15.8 Å². The molecular formula is C20H26N2O3S. The lowest BCUT2D eigenvalue weighted by Gasteiger charge is -2.28. The molecule has 0 fully saturated rings. The van der Waals surface area contributed by atoms with Crippen molar-refractivity contribution < 1.29 is 13.2 Å². The van der Waals surface area contributed by atoms with E-state index in [9.17, 15) is 13.2 Å². The summed E-state index contributed by atoms with van der Waals surface area (Å²) in [7, 11) is -0.481. The third kappa shape index (κ3) is 3.23. The fourth-order valence-corrected chi connectivity index (χ4v) is 4.89. The van der Waals surface area contributed by atoms with E-state index in [1.54, 1.807) is 12.1 Å². The number of sulfonamides is 1. The van der Waals surface area contributed by atoms with Crippen LogP contribution in [0.5, 0.6) is 0 Å². The van der Waals surface area contributed by atoms with Crippen LogP contribution in [0.3, 0.4) is 0 Å². The van der Waals surface area contributed by atoms with E-state index in [0.29, 0.717) is 23.3 Å². The van der Waals surface area contributed by atoms with Gasteiger partial charge >= 0.3 is 0 Å². The zero-order chi connectivity index (χ0) is 19.3. The molecule has 5 nitrogen and oxygen atoms in total. The lowest BCUT2D eigenvalue weighted by atomic mass is 9.75. The summed E-state index contributed by atoms with van der Waals surface area (Å²) >= 11 is 0. The first-order valence-electron chi connectivity index (χ1n) is 8.77. The first-order valence-corrected chi connectivity index (χ1v) is 10.2. The second-order valence-electron chi connectivity index (χ2n) is 8.09. The van der Waals surface area contributed by atoms with Crippen molar-refractivity contribution in [3.05, 3.63) is 52.3 Å². The summed E-state index contributed by atoms with van der Waals surface area (Å²) in [6.45, 7) is 6.16. The first-order chi connectivity index (χ1) is 12.0. The topological polar surface area (TPSA) is 70.2 Å². The van der Waals surface area contributed by atoms with Gasteiger partial charge < -0.3 is 4.98 Å². The van der Waals surface area contributed by atoms with Crippen LogP contribution >= 0.6 is 0 Å². The molecule has 3 rings (SSSR count). The number of aromatic amines is 1. The molecule has 0 saturated heterocycles. The number of nitrogens with zero attached hydrogens (tertiary/aromatic N) is 1. The average molecular weight is 375 g/mol. The Balaban J connectivity index is 2.08. The first kappa shape index (κ1) is 18.9. The Bertz CT molecular complexity index is 969. The van der Waals surface area contributed by atoms with Gasteiger partial charge in [-0.3, -0.25) is 4.79 Å². The molecule has 0 aliphatic heterocycles. The van der Waals surface area contributed by atoms with Crippen LogP contribution < -0.4 is 0 Å². The molecule has 1 heterocycles. The van der Waals surface area contributed by atoms with E-state index in [0.717, 1.165) is 28.9 Å². The van der Waals surface area contributed by atoms with E-state index in [-0.39, 0.29) is 11.2 Å². The molecule has 0 atom stereocenters. The van der Waals surface area contributed by atoms with Crippen LogP contribution in [0.2, 0.25) is 0 Å². The summed E-state index contributed by atoms with van der Waals surface area (Å²) < 4.78 is 26.5. The molecular weight excluding hydrogens is 348 g/mol. The minimum atomic E-state index is -3.54. The molecule has 0 saturated carbocycles. The van der Waals surface area contributed by atoms with Crippen LogP contribution in [0.25, 0.3) is 0 Å². The molecule has 26 heavy (non-hydrogen) atoms. The van der Waals surface area contributed by atoms with E-state index in [2.05, 4.69) is 18.8 Å². The van der Waals surface area contributed by atoms with Crippen molar-refractivity contribution in [2.75, 3.05) is 14.1 Å². The highest BCUT2D eigenvalue weighted by atomic mass is 32.2. The number of aromatic nitrogens is 1. The highest BCUT2D eigenvalue weighted by molar-refractivity contribution is 7.89. The van der Waals surface area contributed by atoms with Crippen LogP contribution in [-0.2, 0) is 22.9 Å². The van der Waals surface area contributed by atoms with Crippen molar-refractivity contribution in [2.24, 2.45) is 5.41 Å². The van der Waals surface area contributed by atoms with Crippen LogP contribution in [0.4, 0.5) is 0 Å². The van der Waals surface area contributed by atoms with Gasteiger partial charge in [0.05, 0.1) is 4.90 Å². The maximum atomic E-state index is 12.8. The quantitative estimate of drug-likeness (QED) is 0.892. The zero-order valence-electron chi connectivity index (χ0n) is 16.0. The minimum Gasteiger partial charge on any atom is -0.362 e. The predicted octanol–water partition coefficient (Wildman–Crippen LogP) is 3.32. The fourth-order valence-electron chi connectivity index (χ4n) is 3.78. The second kappa shape index (κ2) is 6.35. The van der Waals surface area contributed by atoms with E-state index in [1.807, 2.05) is 19.1 Å². The Morgan fingerprint density at radius 1 is 1.15 bits per heavy atom. The molecule has 2 aromatic rings. The van der Waals surface area contributed by atoms with Gasteiger partial charge in [0.1, 0.15) is 0 Å². The smallest absolute Gasteiger partial charge is 0.242 e. The van der Waals surface area contributed by atoms with E-state index in [4.69, 9.17) is 0 Å². The largest absolute Gasteiger partial charge is 0.362 e. The highest BCUT2D eigenvalue weighted by Crippen LogP contribution is 2.38. The third-order valence-electron chi connectivity index (χ3n) is 5.07. The Kier molecular flexibility index (Phi) is 4.61. The van der Waals surface area contributed by atoms with Crippen LogP contribution in [0, 0.1) is 12.3 Å². The van der Waals surface area contributed by atoms with Crippen LogP contribution in [0.1, 0.15) is 53.1 Å². The number of carbonyl (C=O) groups is 1. The summed E-state index contributed by atoms with van der Waals surface area (Å²) in [5.41, 5.74) is 4.26. The molecule has 0 spiro atoms. The average Bonchev–Trinajstić information content (AvgIpc) is 2.81. The number of fused-ring (bicyclic) bond motifs is 1. The molecule has 1 aromatic carbocycles. The molecule has 0 unspecified atom stereocenters. The maximum Gasteiger partial charge on any atom is 0.242 e. The summed E-state index contributed by atoms with van der Waals surface area (Å²) in [6.07, 6.45) is 1.77. The lowest BCUT2D eigenvalue weighted by Crippen LogP contribution is -2.27. The number of nitrogens with one attached hydrogen (secondary N) is 1. The van der Waals surface area contributed by atoms with Gasteiger partial charge in [-0.25, -0.2) is 12.7 Å². The molecule has 6 heteroatoms. The minimum absolute atomic E-state index is 0.0508. The van der Waals surface area contributed by atoms with Crippen LogP contribution in [0.15, 0.2) is 29.2 Å². The third-order valence-corrected chi connectivity index (χ3v) is 6.98. The van der Waals surface area contributed by atoms with Gasteiger partial charge in [-0.2, -0.15) is 0 Å². The Morgan fingerprint density at radius 2 is 1.81 bits per heavy atom. The number of rotatable bonds is 4. The zero-order valence-corrected chi connectivity index (χ0v) is 16.8. The number of hydrogen-bond donors (Lipinski definition) is 1.